The van der Waals surface area contributed by atoms with Crippen LogP contribution < -0.4 is 5.32 Å². The van der Waals surface area contributed by atoms with Crippen LogP contribution in [0.5, 0.6) is 0 Å². The maximum absolute atomic E-state index is 12.7. The Kier molecular flexibility index (Phi) is 3.62. The second-order valence-electron chi connectivity index (χ2n) is 6.02. The molecule has 2 atom stereocenters. The fourth-order valence-electron chi connectivity index (χ4n) is 2.73. The van der Waals surface area contributed by atoms with Gasteiger partial charge >= 0.3 is 0 Å². The van der Waals surface area contributed by atoms with Crippen molar-refractivity contribution < 1.29 is 16.8 Å². The lowest BCUT2D eigenvalue weighted by molar-refractivity contribution is 0.524. The van der Waals surface area contributed by atoms with Crippen molar-refractivity contribution in [3.63, 3.8) is 0 Å². The van der Waals surface area contributed by atoms with Gasteiger partial charge in [0.15, 0.2) is 19.7 Å². The molecule has 1 saturated carbocycles. The first-order valence-corrected chi connectivity index (χ1v) is 10.4. The third-order valence-corrected chi connectivity index (χ3v) is 8.24. The summed E-state index contributed by atoms with van der Waals surface area (Å²) >= 11 is 0. The lowest BCUT2D eigenvalue weighted by atomic mass is 10.2. The zero-order chi connectivity index (χ0) is 15.3. The Morgan fingerprint density at radius 2 is 1.71 bits per heavy atom. The van der Waals surface area contributed by atoms with Gasteiger partial charge in [-0.1, -0.05) is 17.7 Å². The summed E-state index contributed by atoms with van der Waals surface area (Å²) in [4.78, 5) is 0.206. The van der Waals surface area contributed by atoms with Gasteiger partial charge in [0.1, 0.15) is 0 Å². The summed E-state index contributed by atoms with van der Waals surface area (Å²) in [6.07, 6.45) is 1.99. The molecule has 1 aliphatic carbocycles. The normalized spacial score (nSPS) is 28.6. The number of benzene rings is 1. The van der Waals surface area contributed by atoms with Gasteiger partial charge in [-0.3, -0.25) is 0 Å². The number of sulfone groups is 2. The van der Waals surface area contributed by atoms with Gasteiger partial charge in [0.05, 0.1) is 21.7 Å². The molecule has 7 heteroatoms. The van der Waals surface area contributed by atoms with Gasteiger partial charge in [-0.05, 0) is 31.9 Å². The van der Waals surface area contributed by atoms with E-state index < -0.39 is 31.0 Å². The molecule has 3 rings (SSSR count). The molecule has 1 aromatic rings. The van der Waals surface area contributed by atoms with Crippen molar-refractivity contribution in [1.29, 1.82) is 0 Å². The monoisotopic (exact) mass is 329 g/mol. The average Bonchev–Trinajstić information content (AvgIpc) is 3.13. The predicted octanol–water partition coefficient (Wildman–Crippen LogP) is 0.686. The molecule has 1 heterocycles. The Hall–Kier alpha value is -0.920. The van der Waals surface area contributed by atoms with Crippen LogP contribution in [0.2, 0.25) is 0 Å². The van der Waals surface area contributed by atoms with Crippen LogP contribution in [0.15, 0.2) is 29.2 Å². The van der Waals surface area contributed by atoms with E-state index in [2.05, 4.69) is 5.32 Å². The maximum Gasteiger partial charge on any atom is 0.183 e. The average molecular weight is 329 g/mol. The van der Waals surface area contributed by atoms with Crippen LogP contribution in [0.1, 0.15) is 18.4 Å². The highest BCUT2D eigenvalue weighted by atomic mass is 32.2. The van der Waals surface area contributed by atoms with E-state index in [0.717, 1.165) is 18.4 Å². The highest BCUT2D eigenvalue weighted by Crippen LogP contribution is 2.29. The molecule has 5 nitrogen and oxygen atoms in total. The Bertz CT molecular complexity index is 734. The van der Waals surface area contributed by atoms with Crippen molar-refractivity contribution >= 4 is 19.7 Å². The van der Waals surface area contributed by atoms with Gasteiger partial charge in [-0.25, -0.2) is 16.8 Å². The molecular formula is C14H19NO4S2. The van der Waals surface area contributed by atoms with Crippen LogP contribution in [0, 0.1) is 6.92 Å². The number of hydrogen-bond acceptors (Lipinski definition) is 5. The minimum atomic E-state index is -3.64. The molecule has 21 heavy (non-hydrogen) atoms. The van der Waals surface area contributed by atoms with Gasteiger partial charge < -0.3 is 5.32 Å². The summed E-state index contributed by atoms with van der Waals surface area (Å²) in [6.45, 7) is 1.88. The van der Waals surface area contributed by atoms with Crippen molar-refractivity contribution in [1.82, 2.24) is 5.32 Å². The highest BCUT2D eigenvalue weighted by molar-refractivity contribution is 7.96. The number of hydrogen-bond donors (Lipinski definition) is 1. The van der Waals surface area contributed by atoms with E-state index in [1.165, 1.54) is 0 Å². The first kappa shape index (κ1) is 15.0. The first-order valence-electron chi connectivity index (χ1n) is 7.05. The number of nitrogens with one attached hydrogen (secondary N) is 1. The molecule has 0 aromatic heterocycles. The SMILES string of the molecule is Cc1ccc(S(=O)(=O)C2CS(=O)(=O)CC2NC2CC2)cc1. The molecule has 0 spiro atoms. The largest absolute Gasteiger partial charge is 0.309 e. The van der Waals surface area contributed by atoms with Crippen molar-refractivity contribution in [2.45, 2.75) is 42.0 Å². The lowest BCUT2D eigenvalue weighted by Gasteiger charge is -2.19. The Morgan fingerprint density at radius 3 is 2.29 bits per heavy atom. The summed E-state index contributed by atoms with van der Waals surface area (Å²) in [7, 11) is -6.94. The Morgan fingerprint density at radius 1 is 1.10 bits per heavy atom. The maximum atomic E-state index is 12.7. The van der Waals surface area contributed by atoms with Crippen molar-refractivity contribution in [2.24, 2.45) is 0 Å². The number of rotatable bonds is 4. The van der Waals surface area contributed by atoms with Crippen LogP contribution in [-0.4, -0.2) is 45.7 Å². The number of aryl methyl sites for hydroxylation is 1. The third kappa shape index (κ3) is 3.14. The molecule has 0 radical (unpaired) electrons. The van der Waals surface area contributed by atoms with Crippen LogP contribution in [0.3, 0.4) is 0 Å². The predicted molar refractivity (Wildman–Crippen MR) is 80.8 cm³/mol. The van der Waals surface area contributed by atoms with Gasteiger partial charge in [0, 0.05) is 12.1 Å². The standard InChI is InChI=1S/C14H19NO4S2/c1-10-2-6-12(7-3-10)21(18,19)14-9-20(16,17)8-13(14)15-11-4-5-11/h2-3,6-7,11,13-15H,4-5,8-9H2,1H3. The van der Waals surface area contributed by atoms with E-state index in [4.69, 9.17) is 0 Å². The van der Waals surface area contributed by atoms with E-state index in [1.54, 1.807) is 24.3 Å². The van der Waals surface area contributed by atoms with E-state index in [-0.39, 0.29) is 22.4 Å². The zero-order valence-electron chi connectivity index (χ0n) is 11.8. The minimum absolute atomic E-state index is 0.0841. The minimum Gasteiger partial charge on any atom is -0.309 e. The van der Waals surface area contributed by atoms with Gasteiger partial charge in [0.25, 0.3) is 0 Å². The van der Waals surface area contributed by atoms with Crippen LogP contribution in [0.4, 0.5) is 0 Å². The molecule has 1 aliphatic heterocycles. The summed E-state index contributed by atoms with van der Waals surface area (Å²) in [5, 5.41) is 2.30. The fourth-order valence-corrected chi connectivity index (χ4v) is 7.41. The van der Waals surface area contributed by atoms with Crippen LogP contribution in [0.25, 0.3) is 0 Å². The first-order chi connectivity index (χ1) is 9.78. The van der Waals surface area contributed by atoms with E-state index in [9.17, 15) is 16.8 Å². The van der Waals surface area contributed by atoms with E-state index >= 15 is 0 Å². The Balaban J connectivity index is 1.93. The lowest BCUT2D eigenvalue weighted by Crippen LogP contribution is -2.44. The summed E-state index contributed by atoms with van der Waals surface area (Å²) < 4.78 is 49.2. The second-order valence-corrected chi connectivity index (χ2v) is 10.3. The fraction of sp³-hybridized carbons (Fsp3) is 0.571. The smallest absolute Gasteiger partial charge is 0.183 e. The molecular weight excluding hydrogens is 310 g/mol. The molecule has 1 aromatic carbocycles. The molecule has 2 unspecified atom stereocenters. The molecule has 0 amide bonds. The van der Waals surface area contributed by atoms with E-state index in [0.29, 0.717) is 0 Å². The quantitative estimate of drug-likeness (QED) is 0.879. The van der Waals surface area contributed by atoms with Crippen molar-refractivity contribution in [2.75, 3.05) is 11.5 Å². The van der Waals surface area contributed by atoms with Gasteiger partial charge in [-0.15, -0.1) is 0 Å². The van der Waals surface area contributed by atoms with Gasteiger partial charge in [0.2, 0.25) is 0 Å². The van der Waals surface area contributed by atoms with Crippen molar-refractivity contribution in [3.8, 4) is 0 Å². The highest BCUT2D eigenvalue weighted by Gasteiger charge is 2.47. The molecule has 2 fully saturated rings. The third-order valence-electron chi connectivity index (χ3n) is 4.08. The molecule has 116 valence electrons. The van der Waals surface area contributed by atoms with Crippen LogP contribution in [-0.2, 0) is 19.7 Å². The van der Waals surface area contributed by atoms with E-state index in [1.807, 2.05) is 6.92 Å². The van der Waals surface area contributed by atoms with Gasteiger partial charge in [-0.2, -0.15) is 0 Å². The Labute approximate surface area is 125 Å². The summed E-state index contributed by atoms with van der Waals surface area (Å²) in [5.41, 5.74) is 0.973. The van der Waals surface area contributed by atoms with Crippen molar-refractivity contribution in [3.05, 3.63) is 29.8 Å². The molecule has 1 saturated heterocycles. The summed E-state index contributed by atoms with van der Waals surface area (Å²) in [5.74, 6) is -0.368. The zero-order valence-corrected chi connectivity index (χ0v) is 13.5. The van der Waals surface area contributed by atoms with Crippen LogP contribution >= 0.6 is 0 Å². The molecule has 1 N–H and O–H groups in total. The molecule has 0 bridgehead atoms. The topological polar surface area (TPSA) is 80.3 Å². The second kappa shape index (κ2) is 5.07. The summed E-state index contributed by atoms with van der Waals surface area (Å²) in [6, 6.07) is 6.38. The molecule has 2 aliphatic rings.